The number of amides is 1. The van der Waals surface area contributed by atoms with Gasteiger partial charge in [0.2, 0.25) is 5.91 Å². The van der Waals surface area contributed by atoms with Crippen molar-refractivity contribution >= 4 is 5.91 Å². The maximum Gasteiger partial charge on any atom is 0.238 e. The van der Waals surface area contributed by atoms with Crippen molar-refractivity contribution in [3.63, 3.8) is 0 Å². The number of nitrogens with zero attached hydrogens (tertiary/aromatic N) is 1. The van der Waals surface area contributed by atoms with E-state index in [0.717, 1.165) is 19.3 Å². The third kappa shape index (κ3) is 5.11. The summed E-state index contributed by atoms with van der Waals surface area (Å²) in [7, 11) is 0. The molecule has 1 aliphatic rings. The van der Waals surface area contributed by atoms with Crippen LogP contribution in [0.4, 0.5) is 0 Å². The number of carbonyl (C=O) groups is 1. The van der Waals surface area contributed by atoms with E-state index in [1.807, 2.05) is 0 Å². The van der Waals surface area contributed by atoms with Gasteiger partial charge in [-0.2, -0.15) is 0 Å². The average Bonchev–Trinajstić information content (AvgIpc) is 2.29. The van der Waals surface area contributed by atoms with Gasteiger partial charge in [-0.15, -0.1) is 0 Å². The fraction of sp³-hybridized carbons (Fsp3) is 0.933. The number of hydrogen-bond acceptors (Lipinski definition) is 3. The molecule has 19 heavy (non-hydrogen) atoms. The first-order valence-corrected chi connectivity index (χ1v) is 7.53. The van der Waals surface area contributed by atoms with Gasteiger partial charge >= 0.3 is 0 Å². The Morgan fingerprint density at radius 3 is 2.26 bits per heavy atom. The molecule has 4 nitrogen and oxygen atoms in total. The highest BCUT2D eigenvalue weighted by Crippen LogP contribution is 2.25. The largest absolute Gasteiger partial charge is 0.330 e. The number of rotatable bonds is 4. The molecule has 112 valence electrons. The molecule has 0 saturated carbocycles. The van der Waals surface area contributed by atoms with Gasteiger partial charge < -0.3 is 5.73 Å². The molecule has 1 aliphatic heterocycles. The number of hydrogen-bond donors (Lipinski definition) is 2. The Labute approximate surface area is 118 Å². The molecule has 0 radical (unpaired) electrons. The minimum atomic E-state index is -0.0960. The first-order valence-electron chi connectivity index (χ1n) is 7.53. The molecule has 1 amide bonds. The Morgan fingerprint density at radius 2 is 1.84 bits per heavy atom. The van der Waals surface area contributed by atoms with E-state index < -0.39 is 0 Å². The number of carbonyl (C=O) groups excluding carboxylic acids is 1. The van der Waals surface area contributed by atoms with Crippen LogP contribution in [0.5, 0.6) is 0 Å². The molecular formula is C15H31N3O. The second-order valence-corrected chi connectivity index (χ2v) is 7.21. The number of nitrogens with two attached hydrogens (primary N) is 1. The van der Waals surface area contributed by atoms with E-state index in [1.54, 1.807) is 0 Å². The van der Waals surface area contributed by atoms with Gasteiger partial charge in [0.15, 0.2) is 0 Å². The minimum Gasteiger partial charge on any atom is -0.330 e. The summed E-state index contributed by atoms with van der Waals surface area (Å²) in [6.45, 7) is 11.2. The van der Waals surface area contributed by atoms with Gasteiger partial charge in [-0.25, -0.2) is 5.01 Å². The van der Waals surface area contributed by atoms with Crippen LogP contribution < -0.4 is 11.2 Å². The van der Waals surface area contributed by atoms with E-state index in [-0.39, 0.29) is 17.2 Å². The molecule has 0 aromatic rings. The van der Waals surface area contributed by atoms with Crippen LogP contribution in [0, 0.1) is 11.3 Å². The maximum absolute atomic E-state index is 12.4. The van der Waals surface area contributed by atoms with Crippen molar-refractivity contribution in [2.24, 2.45) is 17.1 Å². The minimum absolute atomic E-state index is 0.0815. The monoisotopic (exact) mass is 269 g/mol. The second kappa shape index (κ2) is 6.71. The van der Waals surface area contributed by atoms with Crippen molar-refractivity contribution in [1.29, 1.82) is 0 Å². The lowest BCUT2D eigenvalue weighted by atomic mass is 9.84. The molecule has 0 aliphatic carbocycles. The predicted octanol–water partition coefficient (Wildman–Crippen LogP) is 2.29. The van der Waals surface area contributed by atoms with Crippen LogP contribution >= 0.6 is 0 Å². The highest BCUT2D eigenvalue weighted by Gasteiger charge is 2.29. The smallest absolute Gasteiger partial charge is 0.238 e. The van der Waals surface area contributed by atoms with Crippen molar-refractivity contribution in [3.05, 3.63) is 0 Å². The standard InChI is InChI=1S/C15H31N3O/c1-11-7-6-8-12(2)18(11)17-14(19)13(10-16)9-15(3,4)5/h11-13H,6-10,16H2,1-5H3,(H,17,19). The summed E-state index contributed by atoms with van der Waals surface area (Å²) in [5.74, 6) is -0.0145. The molecule has 1 saturated heterocycles. The van der Waals surface area contributed by atoms with E-state index in [1.165, 1.54) is 6.42 Å². The Hall–Kier alpha value is -0.610. The van der Waals surface area contributed by atoms with Crippen LogP contribution in [0.3, 0.4) is 0 Å². The molecule has 3 unspecified atom stereocenters. The van der Waals surface area contributed by atoms with E-state index in [4.69, 9.17) is 5.73 Å². The first kappa shape index (κ1) is 16.4. The molecule has 4 heteroatoms. The summed E-state index contributed by atoms with van der Waals surface area (Å²) >= 11 is 0. The van der Waals surface area contributed by atoms with Crippen LogP contribution in [0.25, 0.3) is 0 Å². The summed E-state index contributed by atoms with van der Waals surface area (Å²) in [5, 5.41) is 2.12. The van der Waals surface area contributed by atoms with Gasteiger partial charge in [0.05, 0.1) is 5.92 Å². The number of hydrazine groups is 1. The summed E-state index contributed by atoms with van der Waals surface area (Å²) < 4.78 is 0. The van der Waals surface area contributed by atoms with Crippen molar-refractivity contribution in [2.75, 3.05) is 6.54 Å². The van der Waals surface area contributed by atoms with E-state index in [0.29, 0.717) is 18.6 Å². The summed E-state index contributed by atoms with van der Waals surface area (Å²) in [6, 6.07) is 0.835. The highest BCUT2D eigenvalue weighted by molar-refractivity contribution is 5.78. The highest BCUT2D eigenvalue weighted by atomic mass is 16.2. The number of nitrogens with one attached hydrogen (secondary N) is 1. The van der Waals surface area contributed by atoms with E-state index in [9.17, 15) is 4.79 Å². The molecule has 1 fully saturated rings. The van der Waals surface area contributed by atoms with E-state index in [2.05, 4.69) is 45.1 Å². The van der Waals surface area contributed by atoms with Crippen LogP contribution in [-0.4, -0.2) is 29.5 Å². The quantitative estimate of drug-likeness (QED) is 0.823. The second-order valence-electron chi connectivity index (χ2n) is 7.21. The molecule has 1 rings (SSSR count). The summed E-state index contributed by atoms with van der Waals surface area (Å²) in [4.78, 5) is 12.4. The van der Waals surface area contributed by atoms with Crippen LogP contribution in [-0.2, 0) is 4.79 Å². The molecule has 3 atom stereocenters. The van der Waals surface area contributed by atoms with Crippen LogP contribution in [0.2, 0.25) is 0 Å². The topological polar surface area (TPSA) is 58.4 Å². The number of piperidine rings is 1. The molecule has 1 heterocycles. The molecule has 0 aromatic carbocycles. The third-order valence-electron chi connectivity index (χ3n) is 3.95. The third-order valence-corrected chi connectivity index (χ3v) is 3.95. The Bertz CT molecular complexity index is 288. The first-order chi connectivity index (χ1) is 8.74. The normalized spacial score (nSPS) is 27.1. The van der Waals surface area contributed by atoms with Crippen molar-refractivity contribution < 1.29 is 4.79 Å². The lowest BCUT2D eigenvalue weighted by Crippen LogP contribution is -2.56. The van der Waals surface area contributed by atoms with Crippen molar-refractivity contribution in [3.8, 4) is 0 Å². The van der Waals surface area contributed by atoms with Crippen molar-refractivity contribution in [1.82, 2.24) is 10.4 Å². The van der Waals surface area contributed by atoms with Gasteiger partial charge in [0.1, 0.15) is 0 Å². The summed E-state index contributed by atoms with van der Waals surface area (Å²) in [5.41, 5.74) is 9.01. The van der Waals surface area contributed by atoms with Gasteiger partial charge in [0, 0.05) is 18.6 Å². The Kier molecular flexibility index (Phi) is 5.81. The maximum atomic E-state index is 12.4. The molecule has 0 spiro atoms. The van der Waals surface area contributed by atoms with Gasteiger partial charge in [-0.05, 0) is 38.5 Å². The lowest BCUT2D eigenvalue weighted by molar-refractivity contribution is -0.134. The van der Waals surface area contributed by atoms with Gasteiger partial charge in [-0.3, -0.25) is 10.2 Å². The van der Waals surface area contributed by atoms with E-state index >= 15 is 0 Å². The van der Waals surface area contributed by atoms with Crippen LogP contribution in [0.15, 0.2) is 0 Å². The van der Waals surface area contributed by atoms with Gasteiger partial charge in [-0.1, -0.05) is 27.2 Å². The Balaban J connectivity index is 2.60. The Morgan fingerprint density at radius 1 is 1.32 bits per heavy atom. The fourth-order valence-electron chi connectivity index (χ4n) is 2.88. The zero-order valence-electron chi connectivity index (χ0n) is 13.2. The molecule has 0 bridgehead atoms. The van der Waals surface area contributed by atoms with Crippen LogP contribution in [0.1, 0.15) is 60.3 Å². The zero-order chi connectivity index (χ0) is 14.6. The lowest BCUT2D eigenvalue weighted by Gasteiger charge is -2.39. The van der Waals surface area contributed by atoms with Crippen molar-refractivity contribution in [2.45, 2.75) is 72.4 Å². The summed E-state index contributed by atoms with van der Waals surface area (Å²) in [6.07, 6.45) is 4.37. The average molecular weight is 269 g/mol. The SMILES string of the molecule is CC1CCCC(C)N1NC(=O)C(CN)CC(C)(C)C. The predicted molar refractivity (Wildman–Crippen MR) is 79.4 cm³/mol. The van der Waals surface area contributed by atoms with Gasteiger partial charge in [0.25, 0.3) is 0 Å². The molecular weight excluding hydrogens is 238 g/mol. The zero-order valence-corrected chi connectivity index (χ0v) is 13.2. The molecule has 0 aromatic heterocycles. The molecule has 3 N–H and O–H groups in total. The fourth-order valence-corrected chi connectivity index (χ4v) is 2.88.